The molecule has 0 saturated heterocycles. The van der Waals surface area contributed by atoms with Gasteiger partial charge in [-0.25, -0.2) is 0 Å². The SMILES string of the molecule is C=COC(=O)CCC(=O)OC=C.CC(=O)O. The molecule has 1 N–H and O–H groups in total. The zero-order valence-electron chi connectivity index (χ0n) is 8.97. The number of carbonyl (C=O) groups is 3. The first-order chi connectivity index (χ1) is 7.43. The van der Waals surface area contributed by atoms with Gasteiger partial charge in [-0.3, -0.25) is 14.4 Å². The molecule has 0 aromatic rings. The van der Waals surface area contributed by atoms with Crippen LogP contribution in [-0.4, -0.2) is 23.0 Å². The Labute approximate surface area is 93.2 Å². The fourth-order valence-electron chi connectivity index (χ4n) is 0.508. The lowest BCUT2D eigenvalue weighted by Crippen LogP contribution is -2.05. The van der Waals surface area contributed by atoms with E-state index in [1.54, 1.807) is 0 Å². The average molecular weight is 230 g/mol. The Bertz CT molecular complexity index is 242. The number of hydrogen-bond donors (Lipinski definition) is 1. The summed E-state index contributed by atoms with van der Waals surface area (Å²) in [6, 6.07) is 0. The van der Waals surface area contributed by atoms with Crippen LogP contribution in [-0.2, 0) is 23.9 Å². The summed E-state index contributed by atoms with van der Waals surface area (Å²) in [5.41, 5.74) is 0. The van der Waals surface area contributed by atoms with E-state index in [2.05, 4.69) is 22.6 Å². The normalized spacial score (nSPS) is 7.81. The molecular formula is C10H14O6. The highest BCUT2D eigenvalue weighted by molar-refractivity contribution is 5.78. The first-order valence-electron chi connectivity index (χ1n) is 4.24. The van der Waals surface area contributed by atoms with Crippen molar-refractivity contribution in [2.24, 2.45) is 0 Å². The molecule has 6 nitrogen and oxygen atoms in total. The van der Waals surface area contributed by atoms with Gasteiger partial charge in [-0.15, -0.1) is 0 Å². The maximum atomic E-state index is 10.6. The fraction of sp³-hybridized carbons (Fsp3) is 0.300. The molecule has 0 aromatic carbocycles. The highest BCUT2D eigenvalue weighted by Crippen LogP contribution is 1.95. The lowest BCUT2D eigenvalue weighted by atomic mass is 10.3. The third-order valence-corrected chi connectivity index (χ3v) is 0.963. The van der Waals surface area contributed by atoms with Crippen molar-refractivity contribution in [1.29, 1.82) is 0 Å². The van der Waals surface area contributed by atoms with Crippen LogP contribution >= 0.6 is 0 Å². The first-order valence-corrected chi connectivity index (χ1v) is 4.24. The first kappa shape index (κ1) is 16.3. The van der Waals surface area contributed by atoms with E-state index in [1.165, 1.54) is 0 Å². The van der Waals surface area contributed by atoms with Crippen LogP contribution in [0.4, 0.5) is 0 Å². The van der Waals surface area contributed by atoms with Crippen molar-refractivity contribution in [2.45, 2.75) is 19.8 Å². The van der Waals surface area contributed by atoms with Gasteiger partial charge in [-0.05, 0) is 0 Å². The van der Waals surface area contributed by atoms with Crippen molar-refractivity contribution in [3.05, 3.63) is 25.7 Å². The number of carboxylic acid groups (broad SMARTS) is 1. The van der Waals surface area contributed by atoms with Crippen molar-refractivity contribution in [3.63, 3.8) is 0 Å². The number of aliphatic carboxylic acids is 1. The van der Waals surface area contributed by atoms with E-state index in [9.17, 15) is 9.59 Å². The number of ether oxygens (including phenoxy) is 2. The van der Waals surface area contributed by atoms with Crippen molar-refractivity contribution in [3.8, 4) is 0 Å². The number of carboxylic acids is 1. The molecule has 6 heteroatoms. The van der Waals surface area contributed by atoms with Gasteiger partial charge in [0.2, 0.25) is 0 Å². The van der Waals surface area contributed by atoms with Crippen LogP contribution in [0, 0.1) is 0 Å². The summed E-state index contributed by atoms with van der Waals surface area (Å²) in [5, 5.41) is 7.42. The highest BCUT2D eigenvalue weighted by Gasteiger charge is 2.06. The number of carbonyl (C=O) groups excluding carboxylic acids is 2. The quantitative estimate of drug-likeness (QED) is 0.564. The standard InChI is InChI=1S/C8H10O4.C2H4O2/c1-3-11-7(9)5-6-8(10)12-4-2;1-2(3)4/h3-4H,1-2,5-6H2;1H3,(H,3,4). The van der Waals surface area contributed by atoms with Crippen LogP contribution in [0.5, 0.6) is 0 Å². The predicted molar refractivity (Wildman–Crippen MR) is 55.1 cm³/mol. The zero-order chi connectivity index (χ0) is 13.0. The second-order valence-corrected chi connectivity index (χ2v) is 2.33. The van der Waals surface area contributed by atoms with Crippen molar-refractivity contribution in [2.75, 3.05) is 0 Å². The molecule has 0 heterocycles. The topological polar surface area (TPSA) is 89.9 Å². The molecule has 0 atom stereocenters. The molecule has 0 bridgehead atoms. The van der Waals surface area contributed by atoms with Crippen LogP contribution in [0.25, 0.3) is 0 Å². The Kier molecular flexibility index (Phi) is 11.2. The molecule has 0 aromatic heterocycles. The molecule has 0 unspecified atom stereocenters. The number of hydrogen-bond acceptors (Lipinski definition) is 5. The third-order valence-electron chi connectivity index (χ3n) is 0.963. The molecule has 0 aliphatic carbocycles. The van der Waals surface area contributed by atoms with Gasteiger partial charge >= 0.3 is 11.9 Å². The van der Waals surface area contributed by atoms with Crippen LogP contribution < -0.4 is 0 Å². The number of esters is 2. The minimum atomic E-state index is -0.833. The minimum absolute atomic E-state index is 0.0152. The number of rotatable bonds is 5. The smallest absolute Gasteiger partial charge is 0.311 e. The second-order valence-electron chi connectivity index (χ2n) is 2.33. The Morgan fingerprint density at radius 1 is 1.06 bits per heavy atom. The Morgan fingerprint density at radius 2 is 1.31 bits per heavy atom. The largest absolute Gasteiger partial charge is 0.481 e. The van der Waals surface area contributed by atoms with Crippen LogP contribution in [0.2, 0.25) is 0 Å². The molecule has 0 rings (SSSR count). The lowest BCUT2D eigenvalue weighted by Gasteiger charge is -1.97. The second kappa shape index (κ2) is 11.0. The molecule has 0 radical (unpaired) electrons. The Hall–Kier alpha value is -2.11. The zero-order valence-corrected chi connectivity index (χ0v) is 8.97. The summed E-state index contributed by atoms with van der Waals surface area (Å²) in [6.07, 6.45) is 2.00. The van der Waals surface area contributed by atoms with Gasteiger partial charge in [-0.2, -0.15) is 0 Å². The average Bonchev–Trinajstić information content (AvgIpc) is 2.15. The maximum absolute atomic E-state index is 10.6. The van der Waals surface area contributed by atoms with E-state index in [0.717, 1.165) is 19.4 Å². The van der Waals surface area contributed by atoms with Crippen LogP contribution in [0.15, 0.2) is 25.7 Å². The minimum Gasteiger partial charge on any atom is -0.481 e. The van der Waals surface area contributed by atoms with Gasteiger partial charge in [0.05, 0.1) is 25.4 Å². The Balaban J connectivity index is 0. The van der Waals surface area contributed by atoms with E-state index >= 15 is 0 Å². The summed E-state index contributed by atoms with van der Waals surface area (Å²) < 4.78 is 8.72. The third kappa shape index (κ3) is 17.8. The van der Waals surface area contributed by atoms with Gasteiger partial charge in [-0.1, -0.05) is 13.2 Å². The fourth-order valence-corrected chi connectivity index (χ4v) is 0.508. The van der Waals surface area contributed by atoms with Gasteiger partial charge < -0.3 is 14.6 Å². The van der Waals surface area contributed by atoms with E-state index in [1.807, 2.05) is 0 Å². The molecule has 90 valence electrons. The van der Waals surface area contributed by atoms with E-state index < -0.39 is 17.9 Å². The summed E-state index contributed by atoms with van der Waals surface area (Å²) >= 11 is 0. The molecule has 0 amide bonds. The summed E-state index contributed by atoms with van der Waals surface area (Å²) in [4.78, 5) is 30.2. The van der Waals surface area contributed by atoms with Crippen molar-refractivity contribution in [1.82, 2.24) is 0 Å². The lowest BCUT2D eigenvalue weighted by molar-refractivity contribution is -0.144. The van der Waals surface area contributed by atoms with Gasteiger partial charge in [0.25, 0.3) is 5.97 Å². The van der Waals surface area contributed by atoms with Gasteiger partial charge in [0, 0.05) is 6.92 Å². The van der Waals surface area contributed by atoms with E-state index in [4.69, 9.17) is 9.90 Å². The molecule has 0 saturated carbocycles. The molecule has 0 spiro atoms. The molecule has 0 aliphatic heterocycles. The monoisotopic (exact) mass is 230 g/mol. The molecule has 16 heavy (non-hydrogen) atoms. The summed E-state index contributed by atoms with van der Waals surface area (Å²) in [6.45, 7) is 7.46. The van der Waals surface area contributed by atoms with Crippen molar-refractivity contribution >= 4 is 17.9 Å². The van der Waals surface area contributed by atoms with Gasteiger partial charge in [0.15, 0.2) is 0 Å². The predicted octanol–water partition coefficient (Wildman–Crippen LogP) is 1.23. The molecule has 0 fully saturated rings. The Morgan fingerprint density at radius 3 is 1.50 bits per heavy atom. The van der Waals surface area contributed by atoms with Crippen LogP contribution in [0.1, 0.15) is 19.8 Å². The summed E-state index contributed by atoms with van der Waals surface area (Å²) in [5.74, 6) is -1.85. The summed E-state index contributed by atoms with van der Waals surface area (Å²) in [7, 11) is 0. The molecular weight excluding hydrogens is 216 g/mol. The van der Waals surface area contributed by atoms with E-state index in [0.29, 0.717) is 0 Å². The molecule has 0 aliphatic rings. The van der Waals surface area contributed by atoms with Crippen molar-refractivity contribution < 1.29 is 29.0 Å². The van der Waals surface area contributed by atoms with E-state index in [-0.39, 0.29) is 12.8 Å². The van der Waals surface area contributed by atoms with Crippen LogP contribution in [0.3, 0.4) is 0 Å². The highest BCUT2D eigenvalue weighted by atomic mass is 16.5. The van der Waals surface area contributed by atoms with Gasteiger partial charge in [0.1, 0.15) is 0 Å². The maximum Gasteiger partial charge on any atom is 0.311 e.